The maximum Gasteiger partial charge on any atom is 0.318 e. The number of methoxy groups -OCH3 is 2. The van der Waals surface area contributed by atoms with E-state index in [1.54, 1.807) is 44.6 Å². The summed E-state index contributed by atoms with van der Waals surface area (Å²) >= 11 is 0. The minimum Gasteiger partial charge on any atom is -0.497 e. The van der Waals surface area contributed by atoms with Crippen LogP contribution in [0, 0.1) is 0 Å². The van der Waals surface area contributed by atoms with Gasteiger partial charge < -0.3 is 14.5 Å². The molecule has 0 aliphatic carbocycles. The van der Waals surface area contributed by atoms with E-state index in [9.17, 15) is 4.79 Å². The summed E-state index contributed by atoms with van der Waals surface area (Å²) in [6, 6.07) is 7.24. The van der Waals surface area contributed by atoms with Crippen molar-refractivity contribution in [3.05, 3.63) is 29.8 Å². The van der Waals surface area contributed by atoms with Crippen LogP contribution in [-0.4, -0.2) is 45.5 Å². The Kier molecular flexibility index (Phi) is 5.17. The van der Waals surface area contributed by atoms with Gasteiger partial charge in [-0.05, 0) is 17.7 Å². The number of hydrogen-bond donors (Lipinski definition) is 0. The first kappa shape index (κ1) is 14.0. The molecule has 0 saturated carbocycles. The summed E-state index contributed by atoms with van der Waals surface area (Å²) in [7, 11) is 6.54. The third kappa shape index (κ3) is 3.76. The van der Waals surface area contributed by atoms with E-state index in [2.05, 4.69) is 5.10 Å². The van der Waals surface area contributed by atoms with Crippen LogP contribution >= 0.6 is 0 Å². The van der Waals surface area contributed by atoms with E-state index in [0.29, 0.717) is 0 Å². The molecule has 0 amide bonds. The smallest absolute Gasteiger partial charge is 0.318 e. The molecule has 0 radical (unpaired) electrons. The molecule has 0 saturated heterocycles. The molecule has 0 fully saturated rings. The van der Waals surface area contributed by atoms with Crippen LogP contribution in [0.1, 0.15) is 11.5 Å². The average molecular weight is 250 g/mol. The minimum atomic E-state index is -0.511. The number of rotatable bonds is 5. The van der Waals surface area contributed by atoms with Crippen LogP contribution in [0.4, 0.5) is 0 Å². The Morgan fingerprint density at radius 1 is 1.28 bits per heavy atom. The van der Waals surface area contributed by atoms with Crippen molar-refractivity contribution in [2.24, 2.45) is 5.10 Å². The largest absolute Gasteiger partial charge is 0.497 e. The fourth-order valence-corrected chi connectivity index (χ4v) is 1.42. The van der Waals surface area contributed by atoms with Crippen LogP contribution in [0.15, 0.2) is 29.4 Å². The molecule has 98 valence electrons. The zero-order valence-corrected chi connectivity index (χ0v) is 11.1. The topological polar surface area (TPSA) is 51.1 Å². The molecule has 18 heavy (non-hydrogen) atoms. The van der Waals surface area contributed by atoms with Crippen molar-refractivity contribution in [1.82, 2.24) is 5.01 Å². The van der Waals surface area contributed by atoms with Crippen LogP contribution in [0.2, 0.25) is 0 Å². The quantitative estimate of drug-likeness (QED) is 0.451. The first-order valence-electron chi connectivity index (χ1n) is 5.51. The van der Waals surface area contributed by atoms with Crippen molar-refractivity contribution in [3.8, 4) is 5.75 Å². The molecular weight excluding hydrogens is 232 g/mol. The highest BCUT2D eigenvalue weighted by Crippen LogP contribution is 2.19. The van der Waals surface area contributed by atoms with Gasteiger partial charge in [-0.1, -0.05) is 12.1 Å². The van der Waals surface area contributed by atoms with E-state index in [1.165, 1.54) is 7.11 Å². The summed E-state index contributed by atoms with van der Waals surface area (Å²) in [6.07, 6.45) is 1.56. The second-order valence-electron chi connectivity index (χ2n) is 3.89. The molecule has 1 aromatic rings. The van der Waals surface area contributed by atoms with Gasteiger partial charge in [0.2, 0.25) is 0 Å². The Bertz CT molecular complexity index is 413. The van der Waals surface area contributed by atoms with Crippen LogP contribution < -0.4 is 4.74 Å². The van der Waals surface area contributed by atoms with Gasteiger partial charge in [0, 0.05) is 20.3 Å². The fraction of sp³-hybridized carbons (Fsp3) is 0.385. The van der Waals surface area contributed by atoms with Crippen LogP contribution in [0.5, 0.6) is 5.75 Å². The highest BCUT2D eigenvalue weighted by Gasteiger charge is 2.19. The Morgan fingerprint density at radius 2 is 1.89 bits per heavy atom. The highest BCUT2D eigenvalue weighted by molar-refractivity contribution is 5.95. The molecule has 1 atom stereocenters. The van der Waals surface area contributed by atoms with Gasteiger partial charge in [0.05, 0.1) is 14.2 Å². The van der Waals surface area contributed by atoms with E-state index in [4.69, 9.17) is 9.47 Å². The van der Waals surface area contributed by atoms with Crippen molar-refractivity contribution < 1.29 is 14.3 Å². The zero-order chi connectivity index (χ0) is 13.5. The Balaban J connectivity index is 2.97. The molecule has 0 spiro atoms. The minimum absolute atomic E-state index is 0.342. The van der Waals surface area contributed by atoms with Crippen LogP contribution in [0.25, 0.3) is 0 Å². The van der Waals surface area contributed by atoms with E-state index in [0.717, 1.165) is 11.3 Å². The SMILES string of the molecule is COC(=O)C(/C=N/N(C)C)c1ccc(OC)cc1. The number of benzene rings is 1. The molecule has 1 aromatic carbocycles. The number of hydrogen-bond acceptors (Lipinski definition) is 5. The number of carbonyl (C=O) groups is 1. The third-order valence-corrected chi connectivity index (χ3v) is 2.38. The standard InChI is InChI=1S/C13H18N2O3/c1-15(2)14-9-12(13(16)18-4)10-5-7-11(17-3)8-6-10/h5-9,12H,1-4H3/b14-9+. The van der Waals surface area contributed by atoms with E-state index < -0.39 is 5.92 Å². The average Bonchev–Trinajstić information content (AvgIpc) is 2.39. The van der Waals surface area contributed by atoms with E-state index in [1.807, 2.05) is 12.1 Å². The molecular formula is C13H18N2O3. The van der Waals surface area contributed by atoms with Gasteiger partial charge in [0.25, 0.3) is 0 Å². The summed E-state index contributed by atoms with van der Waals surface area (Å²) in [5.74, 6) is -0.110. The van der Waals surface area contributed by atoms with E-state index in [-0.39, 0.29) is 5.97 Å². The molecule has 0 aliphatic heterocycles. The first-order chi connectivity index (χ1) is 8.58. The van der Waals surface area contributed by atoms with Gasteiger partial charge in [-0.15, -0.1) is 0 Å². The second kappa shape index (κ2) is 6.64. The van der Waals surface area contributed by atoms with Gasteiger partial charge in [0.1, 0.15) is 11.7 Å². The first-order valence-corrected chi connectivity index (χ1v) is 5.51. The van der Waals surface area contributed by atoms with Crippen molar-refractivity contribution >= 4 is 12.2 Å². The zero-order valence-electron chi connectivity index (χ0n) is 11.1. The van der Waals surface area contributed by atoms with Crippen molar-refractivity contribution in [1.29, 1.82) is 0 Å². The second-order valence-corrected chi connectivity index (χ2v) is 3.89. The predicted molar refractivity (Wildman–Crippen MR) is 69.9 cm³/mol. The number of esters is 1. The Labute approximate surface area is 107 Å². The van der Waals surface area contributed by atoms with E-state index >= 15 is 0 Å². The highest BCUT2D eigenvalue weighted by atomic mass is 16.5. The van der Waals surface area contributed by atoms with Gasteiger partial charge in [0.15, 0.2) is 0 Å². The third-order valence-electron chi connectivity index (χ3n) is 2.38. The number of carbonyl (C=O) groups excluding carboxylic acids is 1. The monoisotopic (exact) mass is 250 g/mol. The summed E-state index contributed by atoms with van der Waals surface area (Å²) < 4.78 is 9.85. The van der Waals surface area contributed by atoms with Crippen molar-refractivity contribution in [2.75, 3.05) is 28.3 Å². The number of hydrazone groups is 1. The van der Waals surface area contributed by atoms with Gasteiger partial charge >= 0.3 is 5.97 Å². The lowest BCUT2D eigenvalue weighted by Crippen LogP contribution is -2.17. The van der Waals surface area contributed by atoms with Gasteiger partial charge in [-0.3, -0.25) is 4.79 Å². The molecule has 0 heterocycles. The Hall–Kier alpha value is -2.04. The van der Waals surface area contributed by atoms with Gasteiger partial charge in [-0.25, -0.2) is 0 Å². The van der Waals surface area contributed by atoms with Crippen molar-refractivity contribution in [3.63, 3.8) is 0 Å². The predicted octanol–water partition coefficient (Wildman–Crippen LogP) is 1.50. The molecule has 0 N–H and O–H groups in total. The fourth-order valence-electron chi connectivity index (χ4n) is 1.42. The summed E-state index contributed by atoms with van der Waals surface area (Å²) in [4.78, 5) is 11.7. The molecule has 0 bridgehead atoms. The number of nitrogens with zero attached hydrogens (tertiary/aromatic N) is 2. The summed E-state index contributed by atoms with van der Waals surface area (Å²) in [5, 5.41) is 5.71. The molecule has 1 unspecified atom stereocenters. The van der Waals surface area contributed by atoms with Crippen LogP contribution in [-0.2, 0) is 9.53 Å². The lowest BCUT2D eigenvalue weighted by atomic mass is 10.0. The lowest BCUT2D eigenvalue weighted by molar-refractivity contribution is -0.140. The van der Waals surface area contributed by atoms with Gasteiger partial charge in [-0.2, -0.15) is 5.10 Å². The van der Waals surface area contributed by atoms with Crippen LogP contribution in [0.3, 0.4) is 0 Å². The summed E-state index contributed by atoms with van der Waals surface area (Å²) in [6.45, 7) is 0. The molecule has 5 heteroatoms. The molecule has 0 aliphatic rings. The maximum absolute atomic E-state index is 11.7. The summed E-state index contributed by atoms with van der Waals surface area (Å²) in [5.41, 5.74) is 0.813. The maximum atomic E-state index is 11.7. The molecule has 1 rings (SSSR count). The normalized spacial score (nSPS) is 12.2. The number of ether oxygens (including phenoxy) is 2. The lowest BCUT2D eigenvalue weighted by Gasteiger charge is -2.12. The van der Waals surface area contributed by atoms with Crippen molar-refractivity contribution in [2.45, 2.75) is 5.92 Å². The Morgan fingerprint density at radius 3 is 2.33 bits per heavy atom. The molecule has 0 aromatic heterocycles. The molecule has 5 nitrogen and oxygen atoms in total.